The van der Waals surface area contributed by atoms with Crippen LogP contribution in [0.4, 0.5) is 10.5 Å². The van der Waals surface area contributed by atoms with Crippen molar-refractivity contribution in [2.75, 3.05) is 4.90 Å². The zero-order chi connectivity index (χ0) is 21.6. The quantitative estimate of drug-likeness (QED) is 0.600. The zero-order valence-corrected chi connectivity index (χ0v) is 17.8. The van der Waals surface area contributed by atoms with Crippen molar-refractivity contribution in [3.63, 3.8) is 0 Å². The number of carbonyl (C=O) groups excluding carboxylic acids is 2. The highest BCUT2D eigenvalue weighted by atomic mass is 16.5. The van der Waals surface area contributed by atoms with E-state index in [1.165, 1.54) is 4.90 Å². The Morgan fingerprint density at radius 2 is 1.83 bits per heavy atom. The van der Waals surface area contributed by atoms with E-state index in [9.17, 15) is 9.59 Å². The SMILES string of the molecule is Cc1noc(C)c1Cn1cc(N2C(=O)N(C(C)c3ccccc3)C(C)(C)C2=O)cn1. The molecule has 0 aliphatic carbocycles. The number of benzene rings is 1. The maximum absolute atomic E-state index is 13.4. The summed E-state index contributed by atoms with van der Waals surface area (Å²) in [4.78, 5) is 29.4. The lowest BCUT2D eigenvalue weighted by Crippen LogP contribution is -2.45. The van der Waals surface area contributed by atoms with E-state index in [-0.39, 0.29) is 18.0 Å². The fourth-order valence-electron chi connectivity index (χ4n) is 4.01. The molecule has 2 aromatic heterocycles. The van der Waals surface area contributed by atoms with Gasteiger partial charge in [0.15, 0.2) is 0 Å². The first kappa shape index (κ1) is 19.9. The topological polar surface area (TPSA) is 84.5 Å². The number of urea groups is 1. The van der Waals surface area contributed by atoms with Gasteiger partial charge in [0.05, 0.1) is 30.2 Å². The van der Waals surface area contributed by atoms with E-state index >= 15 is 0 Å². The maximum Gasteiger partial charge on any atom is 0.332 e. The fraction of sp³-hybridized carbons (Fsp3) is 0.364. The molecule has 8 heteroatoms. The molecule has 156 valence electrons. The van der Waals surface area contributed by atoms with Crippen LogP contribution in [0.15, 0.2) is 47.2 Å². The fourth-order valence-corrected chi connectivity index (χ4v) is 4.01. The smallest absolute Gasteiger partial charge is 0.332 e. The molecule has 3 aromatic rings. The Labute approximate surface area is 175 Å². The third kappa shape index (κ3) is 3.08. The molecule has 1 fully saturated rings. The lowest BCUT2D eigenvalue weighted by molar-refractivity contribution is -0.124. The predicted octanol–water partition coefficient (Wildman–Crippen LogP) is 3.84. The lowest BCUT2D eigenvalue weighted by atomic mass is 9.99. The Kier molecular flexibility index (Phi) is 4.72. The first-order chi connectivity index (χ1) is 14.2. The first-order valence-electron chi connectivity index (χ1n) is 9.89. The average Bonchev–Trinajstić information content (AvgIpc) is 3.35. The molecule has 8 nitrogen and oxygen atoms in total. The molecule has 30 heavy (non-hydrogen) atoms. The summed E-state index contributed by atoms with van der Waals surface area (Å²) >= 11 is 0. The van der Waals surface area contributed by atoms with E-state index in [1.54, 1.807) is 35.8 Å². The Hall–Kier alpha value is -3.42. The third-order valence-electron chi connectivity index (χ3n) is 5.77. The van der Waals surface area contributed by atoms with Gasteiger partial charge in [0.2, 0.25) is 0 Å². The van der Waals surface area contributed by atoms with E-state index in [4.69, 9.17) is 4.52 Å². The second-order valence-corrected chi connectivity index (χ2v) is 8.14. The molecule has 0 radical (unpaired) electrons. The Balaban J connectivity index is 1.63. The molecule has 1 unspecified atom stereocenters. The largest absolute Gasteiger partial charge is 0.361 e. The molecule has 4 rings (SSSR count). The molecule has 1 aliphatic rings. The lowest BCUT2D eigenvalue weighted by Gasteiger charge is -2.33. The van der Waals surface area contributed by atoms with Crippen LogP contribution in [0.5, 0.6) is 0 Å². The minimum absolute atomic E-state index is 0.250. The van der Waals surface area contributed by atoms with Crippen LogP contribution in [-0.2, 0) is 11.3 Å². The Morgan fingerprint density at radius 1 is 1.13 bits per heavy atom. The van der Waals surface area contributed by atoms with E-state index in [1.807, 2.05) is 51.1 Å². The van der Waals surface area contributed by atoms with E-state index in [0.717, 1.165) is 22.6 Å². The average molecular weight is 407 g/mol. The van der Waals surface area contributed by atoms with Gasteiger partial charge in [0, 0.05) is 11.8 Å². The summed E-state index contributed by atoms with van der Waals surface area (Å²) in [5.41, 5.74) is 2.18. The van der Waals surface area contributed by atoms with E-state index in [0.29, 0.717) is 12.2 Å². The van der Waals surface area contributed by atoms with Crippen molar-refractivity contribution in [3.05, 3.63) is 65.3 Å². The normalized spacial score (nSPS) is 17.1. The van der Waals surface area contributed by atoms with Crippen molar-refractivity contribution < 1.29 is 14.1 Å². The van der Waals surface area contributed by atoms with E-state index < -0.39 is 5.54 Å². The summed E-state index contributed by atoms with van der Waals surface area (Å²) in [7, 11) is 0. The molecule has 1 saturated heterocycles. The van der Waals surface area contributed by atoms with E-state index in [2.05, 4.69) is 10.3 Å². The Bertz CT molecular complexity index is 1080. The molecular formula is C22H25N5O3. The number of hydrogen-bond donors (Lipinski definition) is 0. The van der Waals surface area contributed by atoms with Crippen molar-refractivity contribution in [1.29, 1.82) is 0 Å². The number of imide groups is 1. The van der Waals surface area contributed by atoms with Crippen LogP contribution in [0.3, 0.4) is 0 Å². The number of aromatic nitrogens is 3. The van der Waals surface area contributed by atoms with Gasteiger partial charge in [-0.2, -0.15) is 5.10 Å². The second-order valence-electron chi connectivity index (χ2n) is 8.14. The van der Waals surface area contributed by atoms with Crippen LogP contribution in [0.25, 0.3) is 0 Å². The molecule has 0 saturated carbocycles. The molecule has 3 amide bonds. The number of amides is 3. The molecule has 1 aromatic carbocycles. The summed E-state index contributed by atoms with van der Waals surface area (Å²) in [5, 5.41) is 8.30. The van der Waals surface area contributed by atoms with Crippen molar-refractivity contribution in [3.8, 4) is 0 Å². The van der Waals surface area contributed by atoms with Gasteiger partial charge in [-0.1, -0.05) is 35.5 Å². The number of rotatable bonds is 5. The summed E-state index contributed by atoms with van der Waals surface area (Å²) < 4.78 is 6.88. The van der Waals surface area contributed by atoms with Crippen molar-refractivity contribution in [2.24, 2.45) is 0 Å². The van der Waals surface area contributed by atoms with Crippen LogP contribution < -0.4 is 4.90 Å². The highest BCUT2D eigenvalue weighted by Gasteiger charge is 2.54. The minimum Gasteiger partial charge on any atom is -0.361 e. The molecule has 3 heterocycles. The zero-order valence-electron chi connectivity index (χ0n) is 17.8. The van der Waals surface area contributed by atoms with Crippen LogP contribution in [-0.4, -0.2) is 37.3 Å². The van der Waals surface area contributed by atoms with Gasteiger partial charge in [-0.3, -0.25) is 9.48 Å². The van der Waals surface area contributed by atoms with Crippen LogP contribution in [0.1, 0.15) is 49.4 Å². The first-order valence-corrected chi connectivity index (χ1v) is 9.89. The summed E-state index contributed by atoms with van der Waals surface area (Å²) in [6, 6.07) is 9.11. The maximum atomic E-state index is 13.4. The van der Waals surface area contributed by atoms with Gasteiger partial charge in [-0.15, -0.1) is 0 Å². The number of anilines is 1. The number of aryl methyl sites for hydroxylation is 2. The number of nitrogens with zero attached hydrogens (tertiary/aromatic N) is 5. The summed E-state index contributed by atoms with van der Waals surface area (Å²) in [5.74, 6) is 0.453. The minimum atomic E-state index is -0.976. The second kappa shape index (κ2) is 7.12. The van der Waals surface area contributed by atoms with Gasteiger partial charge >= 0.3 is 6.03 Å². The number of carbonyl (C=O) groups is 2. The van der Waals surface area contributed by atoms with Gasteiger partial charge in [0.25, 0.3) is 5.91 Å². The molecule has 1 aliphatic heterocycles. The molecule has 0 spiro atoms. The summed E-state index contributed by atoms with van der Waals surface area (Å²) in [6.45, 7) is 9.66. The highest BCUT2D eigenvalue weighted by molar-refractivity contribution is 6.23. The monoisotopic (exact) mass is 407 g/mol. The predicted molar refractivity (Wildman–Crippen MR) is 111 cm³/mol. The van der Waals surface area contributed by atoms with Crippen molar-refractivity contribution in [1.82, 2.24) is 19.8 Å². The molecule has 0 N–H and O–H groups in total. The van der Waals surface area contributed by atoms with Crippen LogP contribution >= 0.6 is 0 Å². The highest BCUT2D eigenvalue weighted by Crippen LogP contribution is 2.38. The molecule has 1 atom stereocenters. The van der Waals surface area contributed by atoms with Crippen molar-refractivity contribution >= 4 is 17.6 Å². The standard InChI is InChI=1S/C22H25N5O3/c1-14-19(16(3)30-24-14)13-25-12-18(11-23-25)26-20(28)22(4,5)27(21(26)29)15(2)17-9-7-6-8-10-17/h6-12,15H,13H2,1-5H3. The summed E-state index contributed by atoms with van der Waals surface area (Å²) in [6.07, 6.45) is 3.25. The van der Waals surface area contributed by atoms with Crippen LogP contribution in [0, 0.1) is 13.8 Å². The third-order valence-corrected chi connectivity index (χ3v) is 5.77. The van der Waals surface area contributed by atoms with Crippen LogP contribution in [0.2, 0.25) is 0 Å². The van der Waals surface area contributed by atoms with Gasteiger partial charge in [0.1, 0.15) is 11.3 Å². The molecular weight excluding hydrogens is 382 g/mol. The van der Waals surface area contributed by atoms with Gasteiger partial charge in [-0.05, 0) is 40.2 Å². The number of hydrogen-bond acceptors (Lipinski definition) is 5. The Morgan fingerprint density at radius 3 is 2.47 bits per heavy atom. The van der Waals surface area contributed by atoms with Gasteiger partial charge in [-0.25, -0.2) is 9.69 Å². The van der Waals surface area contributed by atoms with Gasteiger partial charge < -0.3 is 9.42 Å². The van der Waals surface area contributed by atoms with Crippen molar-refractivity contribution in [2.45, 2.75) is 52.7 Å². The molecule has 0 bridgehead atoms.